The maximum atomic E-state index is 6.72. The standard InChI is InChI=1S/C18H32O2Si2/c1-9-15-18(20-22(6,7)8,16(2)19-21(3,4)5)17-13-11-10-12-14-17/h9-14,16H,1,15H2,2-8H3/t16-,18-/m1/s1. The Hall–Kier alpha value is -0.686. The summed E-state index contributed by atoms with van der Waals surface area (Å²) in [5, 5.41) is 0. The van der Waals surface area contributed by atoms with E-state index in [1.807, 2.05) is 12.1 Å². The number of rotatable bonds is 8. The fourth-order valence-corrected chi connectivity index (χ4v) is 5.52. The van der Waals surface area contributed by atoms with Crippen molar-refractivity contribution in [2.45, 2.75) is 64.3 Å². The normalized spacial score (nSPS) is 16.9. The van der Waals surface area contributed by atoms with Crippen LogP contribution in [0.3, 0.4) is 0 Å². The van der Waals surface area contributed by atoms with Gasteiger partial charge in [-0.3, -0.25) is 0 Å². The molecule has 4 heteroatoms. The maximum Gasteiger partial charge on any atom is 0.185 e. The predicted octanol–water partition coefficient (Wildman–Crippen LogP) is 5.55. The summed E-state index contributed by atoms with van der Waals surface area (Å²) in [6.45, 7) is 19.5. The third kappa shape index (κ3) is 5.50. The lowest BCUT2D eigenvalue weighted by molar-refractivity contribution is -0.0451. The minimum Gasteiger partial charge on any atom is -0.412 e. The van der Waals surface area contributed by atoms with Crippen molar-refractivity contribution >= 4 is 16.6 Å². The lowest BCUT2D eigenvalue weighted by atomic mass is 9.86. The highest BCUT2D eigenvalue weighted by molar-refractivity contribution is 6.70. The summed E-state index contributed by atoms with van der Waals surface area (Å²) in [6, 6.07) is 10.5. The van der Waals surface area contributed by atoms with Crippen molar-refractivity contribution in [3.05, 3.63) is 48.6 Å². The van der Waals surface area contributed by atoms with E-state index in [2.05, 4.69) is 77.1 Å². The van der Waals surface area contributed by atoms with E-state index in [9.17, 15) is 0 Å². The van der Waals surface area contributed by atoms with E-state index in [0.717, 1.165) is 6.42 Å². The molecule has 0 aliphatic carbocycles. The summed E-state index contributed by atoms with van der Waals surface area (Å²) >= 11 is 0. The van der Waals surface area contributed by atoms with Crippen molar-refractivity contribution < 1.29 is 8.85 Å². The highest BCUT2D eigenvalue weighted by Crippen LogP contribution is 2.39. The highest BCUT2D eigenvalue weighted by atomic mass is 28.4. The van der Waals surface area contributed by atoms with Crippen LogP contribution in [0.4, 0.5) is 0 Å². The Balaban J connectivity index is 3.35. The third-order valence-electron chi connectivity index (χ3n) is 3.39. The molecule has 2 nitrogen and oxygen atoms in total. The van der Waals surface area contributed by atoms with Crippen molar-refractivity contribution in [1.82, 2.24) is 0 Å². The van der Waals surface area contributed by atoms with E-state index in [1.54, 1.807) is 0 Å². The summed E-state index contributed by atoms with van der Waals surface area (Å²) in [4.78, 5) is 0. The van der Waals surface area contributed by atoms with Crippen LogP contribution in [-0.2, 0) is 14.5 Å². The minimum absolute atomic E-state index is 0.00806. The van der Waals surface area contributed by atoms with Gasteiger partial charge >= 0.3 is 0 Å². The van der Waals surface area contributed by atoms with Gasteiger partial charge in [-0.15, -0.1) is 6.58 Å². The molecule has 0 N–H and O–H groups in total. The number of hydrogen-bond donors (Lipinski definition) is 0. The molecule has 0 heterocycles. The SMILES string of the molecule is C=CC[C@](O[Si](C)(C)C)(c1ccccc1)[C@@H](C)O[Si](C)(C)C. The van der Waals surface area contributed by atoms with Crippen LogP contribution in [0.1, 0.15) is 18.9 Å². The van der Waals surface area contributed by atoms with Gasteiger partial charge in [0.05, 0.1) is 6.10 Å². The molecular formula is C18H32O2Si2. The first kappa shape index (κ1) is 19.4. The largest absolute Gasteiger partial charge is 0.412 e. The van der Waals surface area contributed by atoms with Gasteiger partial charge < -0.3 is 8.85 Å². The van der Waals surface area contributed by atoms with Crippen molar-refractivity contribution in [3.63, 3.8) is 0 Å². The average molecular weight is 337 g/mol. The van der Waals surface area contributed by atoms with Crippen LogP contribution in [0.25, 0.3) is 0 Å². The molecule has 2 atom stereocenters. The Bertz CT molecular complexity index is 474. The van der Waals surface area contributed by atoms with Crippen molar-refractivity contribution in [1.29, 1.82) is 0 Å². The quantitative estimate of drug-likeness (QED) is 0.458. The second-order valence-corrected chi connectivity index (χ2v) is 16.7. The molecule has 0 aliphatic rings. The fraction of sp³-hybridized carbons (Fsp3) is 0.556. The zero-order valence-electron chi connectivity index (χ0n) is 15.3. The molecule has 0 aromatic heterocycles. The fourth-order valence-electron chi connectivity index (χ4n) is 2.81. The minimum atomic E-state index is -1.76. The van der Waals surface area contributed by atoms with Crippen LogP contribution >= 0.6 is 0 Å². The zero-order chi connectivity index (χ0) is 17.0. The summed E-state index contributed by atoms with van der Waals surface area (Å²) in [6.07, 6.45) is 2.70. The first-order valence-corrected chi connectivity index (χ1v) is 14.9. The van der Waals surface area contributed by atoms with Gasteiger partial charge in [0.1, 0.15) is 5.60 Å². The molecule has 0 radical (unpaired) electrons. The molecule has 1 rings (SSSR count). The van der Waals surface area contributed by atoms with Gasteiger partial charge in [0.15, 0.2) is 16.6 Å². The summed E-state index contributed by atoms with van der Waals surface area (Å²) in [5.41, 5.74) is 0.733. The summed E-state index contributed by atoms with van der Waals surface area (Å²) in [7, 11) is -3.43. The van der Waals surface area contributed by atoms with E-state index in [1.165, 1.54) is 5.56 Å². The first-order chi connectivity index (χ1) is 10.0. The van der Waals surface area contributed by atoms with Crippen LogP contribution in [0.2, 0.25) is 39.3 Å². The molecule has 0 fully saturated rings. The molecular weight excluding hydrogens is 304 g/mol. The van der Waals surface area contributed by atoms with Gasteiger partial charge in [-0.1, -0.05) is 36.4 Å². The Morgan fingerprint density at radius 1 is 1.05 bits per heavy atom. The van der Waals surface area contributed by atoms with Gasteiger partial charge in [-0.05, 0) is 58.2 Å². The van der Waals surface area contributed by atoms with Crippen molar-refractivity contribution in [2.75, 3.05) is 0 Å². The van der Waals surface area contributed by atoms with Gasteiger partial charge in [0.25, 0.3) is 0 Å². The molecule has 0 saturated heterocycles. The molecule has 0 bridgehead atoms. The molecule has 124 valence electrons. The van der Waals surface area contributed by atoms with Gasteiger partial charge in [-0.25, -0.2) is 0 Å². The Kier molecular flexibility index (Phi) is 6.39. The van der Waals surface area contributed by atoms with Gasteiger partial charge in [0, 0.05) is 0 Å². The number of hydrogen-bond acceptors (Lipinski definition) is 2. The second kappa shape index (κ2) is 7.26. The Morgan fingerprint density at radius 2 is 1.59 bits per heavy atom. The van der Waals surface area contributed by atoms with E-state index in [0.29, 0.717) is 0 Å². The topological polar surface area (TPSA) is 18.5 Å². The second-order valence-electron chi connectivity index (χ2n) is 7.84. The molecule has 1 aromatic rings. The van der Waals surface area contributed by atoms with E-state index in [-0.39, 0.29) is 6.10 Å². The van der Waals surface area contributed by atoms with Crippen molar-refractivity contribution in [3.8, 4) is 0 Å². The summed E-state index contributed by atoms with van der Waals surface area (Å²) in [5.74, 6) is 0. The number of benzene rings is 1. The molecule has 1 aromatic carbocycles. The maximum absolute atomic E-state index is 6.72. The van der Waals surface area contributed by atoms with Crippen LogP contribution in [0, 0.1) is 0 Å². The van der Waals surface area contributed by atoms with Crippen LogP contribution in [0.15, 0.2) is 43.0 Å². The Labute approximate surface area is 138 Å². The highest BCUT2D eigenvalue weighted by Gasteiger charge is 2.43. The summed E-state index contributed by atoms with van der Waals surface area (Å²) < 4.78 is 13.2. The lowest BCUT2D eigenvalue weighted by Gasteiger charge is -2.45. The first-order valence-electron chi connectivity index (χ1n) is 8.04. The molecule has 0 spiro atoms. The zero-order valence-corrected chi connectivity index (χ0v) is 17.3. The van der Waals surface area contributed by atoms with Crippen LogP contribution < -0.4 is 0 Å². The van der Waals surface area contributed by atoms with E-state index >= 15 is 0 Å². The molecule has 0 saturated carbocycles. The lowest BCUT2D eigenvalue weighted by Crippen LogP contribution is -2.51. The van der Waals surface area contributed by atoms with Gasteiger partial charge in [-0.2, -0.15) is 0 Å². The predicted molar refractivity (Wildman–Crippen MR) is 101 cm³/mol. The van der Waals surface area contributed by atoms with E-state index < -0.39 is 22.2 Å². The third-order valence-corrected chi connectivity index (χ3v) is 5.42. The molecule has 0 aliphatic heterocycles. The van der Waals surface area contributed by atoms with Crippen molar-refractivity contribution in [2.24, 2.45) is 0 Å². The smallest absolute Gasteiger partial charge is 0.185 e. The Morgan fingerprint density at radius 3 is 2.00 bits per heavy atom. The van der Waals surface area contributed by atoms with Crippen LogP contribution in [-0.4, -0.2) is 22.7 Å². The van der Waals surface area contributed by atoms with E-state index in [4.69, 9.17) is 8.85 Å². The average Bonchev–Trinajstić information content (AvgIpc) is 2.35. The monoisotopic (exact) mass is 336 g/mol. The van der Waals surface area contributed by atoms with Crippen LogP contribution in [0.5, 0.6) is 0 Å². The molecule has 22 heavy (non-hydrogen) atoms. The molecule has 0 unspecified atom stereocenters. The molecule has 0 amide bonds. The van der Waals surface area contributed by atoms with Gasteiger partial charge in [0.2, 0.25) is 0 Å².